The molecule has 3 radical (unpaired) electrons. The minimum Gasteiger partial charge on any atom is -0.585 e. The van der Waals surface area contributed by atoms with E-state index in [0.29, 0.717) is 27.6 Å². The van der Waals surface area contributed by atoms with Crippen molar-refractivity contribution in [3.8, 4) is 52.0 Å². The molecule has 0 unspecified atom stereocenters. The number of aryl methyl sites for hydroxylation is 3. The Balaban J connectivity index is 0.000000168. The predicted octanol–water partition coefficient (Wildman–Crippen LogP) is 15.3. The van der Waals surface area contributed by atoms with E-state index in [0.717, 1.165) is 104 Å². The number of benzene rings is 4. The van der Waals surface area contributed by atoms with Gasteiger partial charge < -0.3 is 99.4 Å². The Kier molecular flexibility index (Phi) is 36.7. The Morgan fingerprint density at radius 3 is 1.03 bits per heavy atom. The van der Waals surface area contributed by atoms with Gasteiger partial charge in [-0.3, -0.25) is 19.9 Å². The first kappa shape index (κ1) is 112. The molecule has 761 valence electrons. The summed E-state index contributed by atoms with van der Waals surface area (Å²) in [5.41, 5.74) is 7.35. The van der Waals surface area contributed by atoms with Crippen molar-refractivity contribution in [2.45, 2.75) is 62.4 Å². The van der Waals surface area contributed by atoms with Crippen molar-refractivity contribution < 1.29 is 126 Å². The quantitative estimate of drug-likeness (QED) is 0.0376. The van der Waals surface area contributed by atoms with Crippen LogP contribution in [-0.4, -0.2) is 132 Å². The summed E-state index contributed by atoms with van der Waals surface area (Å²) >= 11 is 0.827. The average Bonchev–Trinajstić information content (AvgIpc) is 1.45. The first-order chi connectivity index (χ1) is 67.9. The fourth-order valence-corrected chi connectivity index (χ4v) is 17.0. The first-order valence-corrected chi connectivity index (χ1v) is 46.0. The number of anilines is 6. The van der Waals surface area contributed by atoms with Crippen molar-refractivity contribution in [2.24, 2.45) is 0 Å². The van der Waals surface area contributed by atoms with Gasteiger partial charge in [0.2, 0.25) is 6.71 Å². The molecule has 13 aromatic rings. The van der Waals surface area contributed by atoms with E-state index >= 15 is 0 Å². The van der Waals surface area contributed by atoms with E-state index in [1.165, 1.54) is 30.3 Å². The van der Waals surface area contributed by atoms with Gasteiger partial charge in [-0.1, -0.05) is 170 Å². The van der Waals surface area contributed by atoms with Crippen molar-refractivity contribution in [3.05, 3.63) is 376 Å². The maximum atomic E-state index is 14.3. The molecule has 0 amide bonds. The predicted molar refractivity (Wildman–Crippen MR) is 505 cm³/mol. The third kappa shape index (κ3) is 28.2. The number of rotatable bonds is 16. The van der Waals surface area contributed by atoms with E-state index in [1.807, 2.05) is 285 Å². The smallest absolute Gasteiger partial charge is 0.431 e. The molecule has 9 aromatic heterocycles. The van der Waals surface area contributed by atoms with Crippen LogP contribution in [0.5, 0.6) is 0 Å². The summed E-state index contributed by atoms with van der Waals surface area (Å²) in [6.07, 6.45) is 9.48. The number of pyridine rings is 6. The number of nitrogens with zero attached hydrogens (tertiary/aromatic N) is 27. The van der Waals surface area contributed by atoms with Gasteiger partial charge in [0.05, 0.1) is 23.2 Å². The maximum absolute atomic E-state index is 14.3. The van der Waals surface area contributed by atoms with E-state index in [1.54, 1.807) is 37.4 Å². The Labute approximate surface area is 876 Å². The van der Waals surface area contributed by atoms with Crippen LogP contribution in [0.25, 0.3) is 33.8 Å². The Morgan fingerprint density at radius 2 is 0.705 bits per heavy atom. The van der Waals surface area contributed by atoms with Crippen molar-refractivity contribution in [2.75, 3.05) is 71.7 Å². The molecule has 0 spiro atoms. The van der Waals surface area contributed by atoms with E-state index in [-0.39, 0.29) is 115 Å². The largest absolute Gasteiger partial charge is 0.585 e. The van der Waals surface area contributed by atoms with Crippen molar-refractivity contribution in [1.29, 1.82) is 15.8 Å². The zero-order valence-electron chi connectivity index (χ0n) is 77.9. The molecule has 0 saturated carbocycles. The van der Waals surface area contributed by atoms with Crippen LogP contribution in [0.15, 0.2) is 224 Å². The molecule has 6 aliphatic rings. The number of nitriles is 3. The van der Waals surface area contributed by atoms with Crippen LogP contribution < -0.4 is 72.0 Å². The Hall–Kier alpha value is -14.6. The van der Waals surface area contributed by atoms with Crippen LogP contribution in [0.3, 0.4) is 0 Å². The fraction of sp³-hybridized carbons (Fsp3) is 0.143. The summed E-state index contributed by atoms with van der Waals surface area (Å²) in [5, 5.41) is 49.0. The molecule has 0 aliphatic carbocycles. The van der Waals surface area contributed by atoms with Crippen LogP contribution in [0.1, 0.15) is 50.5 Å². The number of aromatic nitrogens is 12. The van der Waals surface area contributed by atoms with Crippen LogP contribution in [0.2, 0.25) is 13.1 Å². The topological polar surface area (TPSA) is 269 Å². The number of halogens is 15. The monoisotopic (exact) mass is 2560 g/mol. The Bertz CT molecular complexity index is 6750. The van der Waals surface area contributed by atoms with Gasteiger partial charge in [-0.25, -0.2) is 26.3 Å². The van der Waals surface area contributed by atoms with E-state index in [4.69, 9.17) is 0 Å². The molecule has 27 nitrogen and oxygen atoms in total. The molecule has 15 heterocycles. The minimum atomic E-state index is -4.65. The van der Waals surface area contributed by atoms with Gasteiger partial charge in [-0.05, 0) is 173 Å². The molecule has 48 heteroatoms. The average molecular weight is 2560 g/mol. The number of hydrogen-bond acceptors (Lipinski definition) is 25. The zero-order chi connectivity index (χ0) is 103. The van der Waals surface area contributed by atoms with Gasteiger partial charge in [0, 0.05) is 71.2 Å². The van der Waals surface area contributed by atoms with Crippen molar-refractivity contribution in [1.82, 2.24) is 89.9 Å². The van der Waals surface area contributed by atoms with Crippen LogP contribution in [0.4, 0.5) is 100.0 Å². The van der Waals surface area contributed by atoms with Crippen molar-refractivity contribution in [3.63, 3.8) is 0 Å². The second-order valence-electron chi connectivity index (χ2n) is 32.4. The molecular formula is C98H74BF15Ir3N27SSi-15. The second kappa shape index (κ2) is 48.0. The van der Waals surface area contributed by atoms with Gasteiger partial charge in [0.1, 0.15) is 60.8 Å². The molecule has 0 N–H and O–H groups in total. The summed E-state index contributed by atoms with van der Waals surface area (Å²) in [5.74, 6) is -6.30. The number of alkyl halides is 9. The fourth-order valence-electron chi connectivity index (χ4n) is 14.3. The standard InChI is InChI=1S/C23H16BF5N4.C16H11F5N4Si.3C15H14N5.C14H5F5N4S.3Ir/c1-12-9-13(2)21(14(3)10-12)24(19-11-17(32-33-19)23(27,28)29)18-6-4-5-16(30-18)15-7-8-20(25)31-22(15)26;1-26(2,14-8-11(24-25-14)16(19,20)21)13-5-3-4-10(22-13)9-6-7-12(17)23-15(9)18;3*1-17-3-5-19(11-17)14-7-13(10-16)8-15(9-14)20-6-4-18(2)12-20;15-10-5-4-7(13(16)21-10)8-2-1-3-11(20-8)24-12-6-9(22-23-12)14(17,18)19;;;/h4-6,8-11H,1-3H3;3-5,7-8H,1-2H3;3*3-8,11-12H,1-2H3;1-3,5-6H;;;/q2*-2;3*-3;-2;;;. The van der Waals surface area contributed by atoms with Crippen LogP contribution in [0, 0.1) is 167 Å². The SMILES string of the molecule is CN1C=CN(c2[c-]c(N3C=CN(C)[CH-]3)cc(C#N)c2)[CH-]1.CN1C=CN(c2[c-]c(N3C=CN(C)[CH-]3)cc(C#N)c2)[CH-]1.CN1C=CN(c2[c-]c(N3C=CN(C)[CH-]3)cc(C#N)c2)[CH-]1.C[Si](C)(c1cccc(-c2[c-]cc(F)nc2F)n1)c1cc(C(F)(F)F)n[n-]1.Cc1cc(C)c(B(c2cccc(-c3[c-]cc(F)nc3F)n2)c2cc(C(F)(F)F)n[n-]2)c(C)c1.Fc1c[c-]c(-c2cccc(Sc3cc(C(F)(F)F)n[n-]3)n2)c(F)n1.[Ir].[Ir].[Ir]. The first-order valence-electron chi connectivity index (χ1n) is 42.2. The maximum Gasteiger partial charge on any atom is 0.431 e. The van der Waals surface area contributed by atoms with Gasteiger partial charge in [0.15, 0.2) is 0 Å². The van der Waals surface area contributed by atoms with E-state index in [2.05, 4.69) is 115 Å². The summed E-state index contributed by atoms with van der Waals surface area (Å²) in [4.78, 5) is 45.5. The molecule has 0 fully saturated rings. The molecule has 4 aromatic carbocycles. The van der Waals surface area contributed by atoms with E-state index in [9.17, 15) is 81.6 Å². The molecule has 19 rings (SSSR count). The summed E-state index contributed by atoms with van der Waals surface area (Å²) in [6.45, 7) is 20.0. The summed E-state index contributed by atoms with van der Waals surface area (Å²) in [6, 6.07) is 57.7. The zero-order valence-corrected chi connectivity index (χ0v) is 86.9. The van der Waals surface area contributed by atoms with Gasteiger partial charge in [-0.15, -0.1) is 112 Å². The van der Waals surface area contributed by atoms with Gasteiger partial charge in [0.25, 0.3) is 0 Å². The van der Waals surface area contributed by atoms with Gasteiger partial charge in [-0.2, -0.15) is 101 Å². The van der Waals surface area contributed by atoms with Crippen molar-refractivity contribution >= 4 is 88.0 Å². The third-order valence-electron chi connectivity index (χ3n) is 21.0. The molecule has 146 heavy (non-hydrogen) atoms. The van der Waals surface area contributed by atoms with Crippen LogP contribution in [-0.2, 0) is 78.8 Å². The summed E-state index contributed by atoms with van der Waals surface area (Å²) < 4.78 is 196. The third-order valence-corrected chi connectivity index (χ3v) is 25.0. The normalized spacial score (nSPS) is 13.9. The summed E-state index contributed by atoms with van der Waals surface area (Å²) in [7, 11) is 9.01. The Morgan fingerprint density at radius 1 is 0.384 bits per heavy atom. The second-order valence-corrected chi connectivity index (χ2v) is 37.7. The van der Waals surface area contributed by atoms with Crippen LogP contribution >= 0.6 is 11.8 Å². The van der Waals surface area contributed by atoms with E-state index < -0.39 is 86.1 Å². The molecule has 0 bridgehead atoms. The van der Waals surface area contributed by atoms with Gasteiger partial charge >= 0.3 is 18.5 Å². The molecular weight excluding hydrogens is 2490 g/mol. The molecule has 0 atom stereocenters. The molecule has 0 saturated heterocycles. The molecule has 6 aliphatic heterocycles. The number of hydrogen-bond donors (Lipinski definition) is 0. The minimum absolute atomic E-state index is 0.